The van der Waals surface area contributed by atoms with Crippen molar-refractivity contribution in [3.05, 3.63) is 106 Å². The number of hydrogen-bond acceptors (Lipinski definition) is 4. The lowest BCUT2D eigenvalue weighted by atomic mass is 9.77. The maximum Gasteiger partial charge on any atom is 0.198 e. The molecule has 0 N–H and O–H groups in total. The molecule has 0 fully saturated rings. The van der Waals surface area contributed by atoms with E-state index in [9.17, 15) is 9.59 Å². The van der Waals surface area contributed by atoms with Gasteiger partial charge in [-0.3, -0.25) is 9.59 Å². The molecule has 0 unspecified atom stereocenters. The molecule has 2 aromatic rings. The van der Waals surface area contributed by atoms with Crippen molar-refractivity contribution >= 4 is 23.3 Å². The number of hydrogen-bond donors (Lipinski definition) is 0. The SMILES string of the molecule is CCN1CCC(C)(C)c2cc(C=CC3=CC(=C4C(=O)c5ccccc5C4=O)C=C(C)O3)ccc21. The van der Waals surface area contributed by atoms with Gasteiger partial charge in [0.15, 0.2) is 11.6 Å². The van der Waals surface area contributed by atoms with E-state index >= 15 is 0 Å². The van der Waals surface area contributed by atoms with Gasteiger partial charge < -0.3 is 9.64 Å². The fraction of sp³-hybridized carbons (Fsp3) is 0.267. The zero-order chi connectivity index (χ0) is 24.0. The molecule has 172 valence electrons. The highest BCUT2D eigenvalue weighted by molar-refractivity contribution is 6.40. The first kappa shape index (κ1) is 22.1. The van der Waals surface area contributed by atoms with Gasteiger partial charge in [-0.2, -0.15) is 0 Å². The normalized spacial score (nSPS) is 19.1. The van der Waals surface area contributed by atoms with Gasteiger partial charge in [-0.05, 0) is 72.7 Å². The zero-order valence-electron chi connectivity index (χ0n) is 20.1. The number of anilines is 1. The number of rotatable bonds is 3. The molecule has 1 aliphatic carbocycles. The Morgan fingerprint density at radius 3 is 2.38 bits per heavy atom. The van der Waals surface area contributed by atoms with Gasteiger partial charge in [0, 0.05) is 29.9 Å². The van der Waals surface area contributed by atoms with Crippen LogP contribution in [0.3, 0.4) is 0 Å². The Labute approximate surface area is 200 Å². The molecule has 2 heterocycles. The van der Waals surface area contributed by atoms with Crippen molar-refractivity contribution in [2.24, 2.45) is 0 Å². The Bertz CT molecular complexity index is 1300. The molecule has 0 amide bonds. The van der Waals surface area contributed by atoms with Crippen LogP contribution in [-0.4, -0.2) is 24.7 Å². The van der Waals surface area contributed by atoms with E-state index in [0.29, 0.717) is 28.2 Å². The number of allylic oxidation sites excluding steroid dienone is 6. The van der Waals surface area contributed by atoms with Crippen molar-refractivity contribution in [2.75, 3.05) is 18.0 Å². The third-order valence-electron chi connectivity index (χ3n) is 7.01. The average Bonchev–Trinajstić information content (AvgIpc) is 3.08. The van der Waals surface area contributed by atoms with Gasteiger partial charge >= 0.3 is 0 Å². The number of fused-ring (bicyclic) bond motifs is 2. The summed E-state index contributed by atoms with van der Waals surface area (Å²) in [6.45, 7) is 10.7. The van der Waals surface area contributed by atoms with Crippen LogP contribution in [-0.2, 0) is 10.2 Å². The maximum absolute atomic E-state index is 12.9. The van der Waals surface area contributed by atoms with Crippen LogP contribution in [0.2, 0.25) is 0 Å². The van der Waals surface area contributed by atoms with Crippen LogP contribution in [0.5, 0.6) is 0 Å². The van der Waals surface area contributed by atoms with E-state index in [0.717, 1.165) is 25.1 Å². The van der Waals surface area contributed by atoms with Crippen molar-refractivity contribution in [2.45, 2.75) is 39.5 Å². The fourth-order valence-electron chi connectivity index (χ4n) is 5.05. The second-order valence-corrected chi connectivity index (χ2v) is 9.76. The van der Waals surface area contributed by atoms with Crippen LogP contribution in [0.15, 0.2) is 83.4 Å². The van der Waals surface area contributed by atoms with Gasteiger partial charge in [0.05, 0.1) is 5.57 Å². The second kappa shape index (κ2) is 8.28. The quantitative estimate of drug-likeness (QED) is 0.400. The molecular weight excluding hydrogens is 422 g/mol. The Morgan fingerprint density at radius 1 is 1.00 bits per heavy atom. The van der Waals surface area contributed by atoms with E-state index in [4.69, 9.17) is 4.74 Å². The number of carbonyl (C=O) groups is 2. The minimum atomic E-state index is -0.224. The predicted octanol–water partition coefficient (Wildman–Crippen LogP) is 6.40. The third kappa shape index (κ3) is 3.73. The van der Waals surface area contributed by atoms with Crippen LogP contribution >= 0.6 is 0 Å². The number of nitrogens with zero attached hydrogens (tertiary/aromatic N) is 1. The summed E-state index contributed by atoms with van der Waals surface area (Å²) in [7, 11) is 0. The molecule has 0 radical (unpaired) electrons. The summed E-state index contributed by atoms with van der Waals surface area (Å²) in [6, 6.07) is 13.6. The first-order valence-corrected chi connectivity index (χ1v) is 11.9. The third-order valence-corrected chi connectivity index (χ3v) is 7.01. The van der Waals surface area contributed by atoms with Crippen molar-refractivity contribution in [1.29, 1.82) is 0 Å². The first-order chi connectivity index (χ1) is 16.3. The summed E-state index contributed by atoms with van der Waals surface area (Å²) in [5, 5.41) is 0. The summed E-state index contributed by atoms with van der Waals surface area (Å²) in [5.41, 5.74) is 5.64. The summed E-state index contributed by atoms with van der Waals surface area (Å²) >= 11 is 0. The lowest BCUT2D eigenvalue weighted by Crippen LogP contribution is -2.37. The number of ketones is 2. The van der Waals surface area contributed by atoms with Gasteiger partial charge in [0.25, 0.3) is 0 Å². The van der Waals surface area contributed by atoms with Gasteiger partial charge in [-0.15, -0.1) is 0 Å². The van der Waals surface area contributed by atoms with Crippen LogP contribution in [0.1, 0.15) is 66.0 Å². The van der Waals surface area contributed by atoms with E-state index in [1.165, 1.54) is 11.3 Å². The summed E-state index contributed by atoms with van der Waals surface area (Å²) in [6.07, 6.45) is 8.60. The maximum atomic E-state index is 12.9. The highest BCUT2D eigenvalue weighted by Gasteiger charge is 2.35. The molecule has 2 aromatic carbocycles. The summed E-state index contributed by atoms with van der Waals surface area (Å²) < 4.78 is 5.90. The molecule has 0 spiro atoms. The summed E-state index contributed by atoms with van der Waals surface area (Å²) in [4.78, 5) is 28.3. The first-order valence-electron chi connectivity index (χ1n) is 11.9. The Kier molecular flexibility index (Phi) is 5.40. The van der Waals surface area contributed by atoms with Crippen LogP contribution in [0.4, 0.5) is 5.69 Å². The zero-order valence-corrected chi connectivity index (χ0v) is 20.1. The van der Waals surface area contributed by atoms with Gasteiger partial charge in [0.2, 0.25) is 0 Å². The van der Waals surface area contributed by atoms with E-state index in [2.05, 4.69) is 43.9 Å². The molecule has 5 rings (SSSR count). The molecule has 0 bridgehead atoms. The lowest BCUT2D eigenvalue weighted by Gasteiger charge is -2.40. The Hall–Kier alpha value is -3.66. The van der Waals surface area contributed by atoms with E-state index in [1.54, 1.807) is 36.4 Å². The van der Waals surface area contributed by atoms with E-state index in [1.807, 2.05) is 19.1 Å². The van der Waals surface area contributed by atoms with Crippen molar-refractivity contribution in [1.82, 2.24) is 0 Å². The molecule has 0 atom stereocenters. The van der Waals surface area contributed by atoms with Crippen molar-refractivity contribution < 1.29 is 14.3 Å². The van der Waals surface area contributed by atoms with Crippen LogP contribution < -0.4 is 4.90 Å². The van der Waals surface area contributed by atoms with Crippen LogP contribution in [0.25, 0.3) is 6.08 Å². The number of carbonyl (C=O) groups excluding carboxylic acids is 2. The molecular formula is C30H29NO3. The molecule has 0 saturated carbocycles. The largest absolute Gasteiger partial charge is 0.462 e. The van der Waals surface area contributed by atoms with E-state index < -0.39 is 0 Å². The molecule has 34 heavy (non-hydrogen) atoms. The molecule has 4 heteroatoms. The molecule has 0 aromatic heterocycles. The Morgan fingerprint density at radius 2 is 1.71 bits per heavy atom. The number of ether oxygens (including phenoxy) is 1. The predicted molar refractivity (Wildman–Crippen MR) is 136 cm³/mol. The van der Waals surface area contributed by atoms with Crippen molar-refractivity contribution in [3.8, 4) is 0 Å². The number of benzene rings is 2. The van der Waals surface area contributed by atoms with Gasteiger partial charge in [0.1, 0.15) is 11.5 Å². The highest BCUT2D eigenvalue weighted by Crippen LogP contribution is 2.40. The topological polar surface area (TPSA) is 46.6 Å². The second-order valence-electron chi connectivity index (χ2n) is 9.76. The van der Waals surface area contributed by atoms with Crippen molar-refractivity contribution in [3.63, 3.8) is 0 Å². The van der Waals surface area contributed by atoms with Crippen LogP contribution in [0, 0.1) is 0 Å². The highest BCUT2D eigenvalue weighted by atomic mass is 16.5. The fourth-order valence-corrected chi connectivity index (χ4v) is 5.05. The molecule has 2 aliphatic heterocycles. The molecule has 4 nitrogen and oxygen atoms in total. The minimum absolute atomic E-state index is 0.126. The van der Waals surface area contributed by atoms with Gasteiger partial charge in [-0.25, -0.2) is 0 Å². The lowest BCUT2D eigenvalue weighted by molar-refractivity contribution is 0.0988. The molecule has 3 aliphatic rings. The summed E-state index contributed by atoms with van der Waals surface area (Å²) in [5.74, 6) is 0.801. The van der Waals surface area contributed by atoms with Gasteiger partial charge in [-0.1, -0.05) is 50.3 Å². The Balaban J connectivity index is 1.48. The standard InChI is InChI=1S/C30H29NO3/c1-5-31-15-14-30(3,4)25-17-20(11-13-26(25)31)10-12-22-18-21(16-19(2)34-22)27-28(32)23-8-6-7-9-24(23)29(27)33/h6-13,16-18H,5,14-15H2,1-4H3. The molecule has 0 saturated heterocycles. The van der Waals surface area contributed by atoms with E-state index in [-0.39, 0.29) is 22.6 Å². The minimum Gasteiger partial charge on any atom is -0.462 e. The smallest absolute Gasteiger partial charge is 0.198 e. The number of Topliss-reactive ketones (excluding diaryl/α,β-unsaturated/α-hetero) is 2. The average molecular weight is 452 g/mol. The monoisotopic (exact) mass is 451 g/mol.